The highest BCUT2D eigenvalue weighted by atomic mass is 16.4. The topological polar surface area (TPSA) is 66.4 Å². The molecule has 0 spiro atoms. The van der Waals surface area contributed by atoms with Crippen molar-refractivity contribution in [2.75, 3.05) is 0 Å². The average Bonchev–Trinajstić information content (AvgIpc) is 1.85. The van der Waals surface area contributed by atoms with Crippen LogP contribution in [-0.2, 0) is 9.59 Å². The first-order chi connectivity index (χ1) is 5.09. The summed E-state index contributed by atoms with van der Waals surface area (Å²) >= 11 is 0. The summed E-state index contributed by atoms with van der Waals surface area (Å²) in [5, 5.41) is 11.0. The highest BCUT2D eigenvalue weighted by Gasteiger charge is 2.28. The number of hydrogen-bond acceptors (Lipinski definition) is 2. The van der Waals surface area contributed by atoms with Crippen molar-refractivity contribution in [3.8, 4) is 0 Å². The minimum absolute atomic E-state index is 0.156. The van der Waals surface area contributed by atoms with Crippen LogP contribution in [0.5, 0.6) is 0 Å². The van der Waals surface area contributed by atoms with E-state index in [4.69, 9.17) is 5.11 Å². The second kappa shape index (κ2) is 2.90. The Morgan fingerprint density at radius 3 is 2.82 bits per heavy atom. The van der Waals surface area contributed by atoms with Crippen molar-refractivity contribution < 1.29 is 14.7 Å². The lowest BCUT2D eigenvalue weighted by Gasteiger charge is -2.24. The molecular weight excluding hydrogens is 146 g/mol. The predicted molar refractivity (Wildman–Crippen MR) is 38.0 cm³/mol. The number of piperidine rings is 1. The molecule has 2 atom stereocenters. The van der Waals surface area contributed by atoms with Crippen LogP contribution < -0.4 is 5.32 Å². The summed E-state index contributed by atoms with van der Waals surface area (Å²) in [6, 6.07) is -0.675. The van der Waals surface area contributed by atoms with Gasteiger partial charge in [-0.1, -0.05) is 6.92 Å². The molecule has 0 aromatic rings. The van der Waals surface area contributed by atoms with Gasteiger partial charge in [0.05, 0.1) is 0 Å². The van der Waals surface area contributed by atoms with E-state index in [1.54, 1.807) is 0 Å². The monoisotopic (exact) mass is 157 g/mol. The van der Waals surface area contributed by atoms with Gasteiger partial charge < -0.3 is 10.4 Å². The number of aliphatic carboxylic acids is 1. The Bertz CT molecular complexity index is 190. The zero-order chi connectivity index (χ0) is 8.43. The first-order valence-electron chi connectivity index (χ1n) is 3.61. The fourth-order valence-electron chi connectivity index (χ4n) is 1.28. The molecule has 0 unspecified atom stereocenters. The van der Waals surface area contributed by atoms with Gasteiger partial charge in [-0.25, -0.2) is 4.79 Å². The van der Waals surface area contributed by atoms with Crippen molar-refractivity contribution >= 4 is 11.9 Å². The molecule has 0 aromatic heterocycles. The Kier molecular flexibility index (Phi) is 2.12. The van der Waals surface area contributed by atoms with Gasteiger partial charge in [0.2, 0.25) is 5.91 Å². The highest BCUT2D eigenvalue weighted by Crippen LogP contribution is 2.15. The molecule has 0 radical (unpaired) electrons. The van der Waals surface area contributed by atoms with Gasteiger partial charge in [0.1, 0.15) is 6.04 Å². The van der Waals surface area contributed by atoms with Gasteiger partial charge in [-0.15, -0.1) is 0 Å². The molecule has 1 rings (SSSR count). The normalized spacial score (nSPS) is 31.2. The third kappa shape index (κ3) is 1.93. The van der Waals surface area contributed by atoms with Crippen molar-refractivity contribution in [2.45, 2.75) is 25.8 Å². The smallest absolute Gasteiger partial charge is 0.326 e. The summed E-state index contributed by atoms with van der Waals surface area (Å²) in [7, 11) is 0. The van der Waals surface area contributed by atoms with Crippen LogP contribution in [0.15, 0.2) is 0 Å². The first kappa shape index (κ1) is 8.04. The lowest BCUT2D eigenvalue weighted by molar-refractivity contribution is -0.144. The van der Waals surface area contributed by atoms with E-state index in [-0.39, 0.29) is 11.8 Å². The van der Waals surface area contributed by atoms with E-state index in [1.165, 1.54) is 0 Å². The van der Waals surface area contributed by atoms with Gasteiger partial charge >= 0.3 is 5.97 Å². The van der Waals surface area contributed by atoms with Gasteiger partial charge in [0.15, 0.2) is 0 Å². The quantitative estimate of drug-likeness (QED) is 0.562. The van der Waals surface area contributed by atoms with Crippen LogP contribution in [-0.4, -0.2) is 23.0 Å². The zero-order valence-electron chi connectivity index (χ0n) is 6.33. The van der Waals surface area contributed by atoms with Crippen molar-refractivity contribution in [2.24, 2.45) is 5.92 Å². The van der Waals surface area contributed by atoms with Gasteiger partial charge in [-0.05, 0) is 12.3 Å². The Hall–Kier alpha value is -1.06. The van der Waals surface area contributed by atoms with Gasteiger partial charge in [-0.3, -0.25) is 4.79 Å². The summed E-state index contributed by atoms with van der Waals surface area (Å²) in [6.07, 6.45) is 0.991. The number of amides is 1. The van der Waals surface area contributed by atoms with Crippen LogP contribution in [0.1, 0.15) is 19.8 Å². The van der Waals surface area contributed by atoms with Crippen LogP contribution in [0.3, 0.4) is 0 Å². The van der Waals surface area contributed by atoms with E-state index in [0.29, 0.717) is 12.8 Å². The van der Waals surface area contributed by atoms with E-state index in [1.807, 2.05) is 6.92 Å². The standard InChI is InChI=1S/C7H11NO3/c1-4-2-5(7(10)11)8-6(9)3-4/h4-5H,2-3H2,1H3,(H,8,9)(H,10,11)/t4-,5+/m1/s1. The summed E-state index contributed by atoms with van der Waals surface area (Å²) in [6.45, 7) is 1.88. The van der Waals surface area contributed by atoms with E-state index in [2.05, 4.69) is 5.32 Å². The molecule has 62 valence electrons. The van der Waals surface area contributed by atoms with Gasteiger partial charge in [-0.2, -0.15) is 0 Å². The Balaban J connectivity index is 2.56. The Labute approximate surface area is 64.6 Å². The summed E-state index contributed by atoms with van der Waals surface area (Å²) < 4.78 is 0. The number of nitrogens with one attached hydrogen (secondary N) is 1. The first-order valence-corrected chi connectivity index (χ1v) is 3.61. The van der Waals surface area contributed by atoms with Gasteiger partial charge in [0.25, 0.3) is 0 Å². The van der Waals surface area contributed by atoms with E-state index < -0.39 is 12.0 Å². The minimum atomic E-state index is -0.940. The Morgan fingerprint density at radius 1 is 1.73 bits per heavy atom. The van der Waals surface area contributed by atoms with E-state index in [0.717, 1.165) is 0 Å². The van der Waals surface area contributed by atoms with Crippen molar-refractivity contribution in [1.29, 1.82) is 0 Å². The maximum Gasteiger partial charge on any atom is 0.326 e. The van der Waals surface area contributed by atoms with E-state index >= 15 is 0 Å². The lowest BCUT2D eigenvalue weighted by atomic mass is 9.94. The molecule has 1 aliphatic heterocycles. The molecule has 0 aliphatic carbocycles. The molecular formula is C7H11NO3. The number of carbonyl (C=O) groups is 2. The van der Waals surface area contributed by atoms with Crippen molar-refractivity contribution in [1.82, 2.24) is 5.32 Å². The minimum Gasteiger partial charge on any atom is -0.480 e. The maximum absolute atomic E-state index is 10.8. The summed E-state index contributed by atoms with van der Waals surface area (Å²) in [5.74, 6) is -0.911. The molecule has 4 heteroatoms. The maximum atomic E-state index is 10.8. The SMILES string of the molecule is C[C@H]1CC(=O)N[C@H](C(=O)O)C1. The van der Waals surface area contributed by atoms with E-state index in [9.17, 15) is 9.59 Å². The Morgan fingerprint density at radius 2 is 2.36 bits per heavy atom. The molecule has 1 amide bonds. The molecule has 1 saturated heterocycles. The number of carboxylic acid groups (broad SMARTS) is 1. The van der Waals surface area contributed by atoms with Gasteiger partial charge in [0, 0.05) is 6.42 Å². The molecule has 0 saturated carbocycles. The molecule has 4 nitrogen and oxygen atoms in total. The summed E-state index contributed by atoms with van der Waals surface area (Å²) in [4.78, 5) is 21.2. The molecule has 1 aliphatic rings. The van der Waals surface area contributed by atoms with Crippen LogP contribution in [0, 0.1) is 5.92 Å². The largest absolute Gasteiger partial charge is 0.480 e. The number of rotatable bonds is 1. The second-order valence-electron chi connectivity index (χ2n) is 3.00. The van der Waals surface area contributed by atoms with Crippen LogP contribution >= 0.6 is 0 Å². The molecule has 1 fully saturated rings. The number of hydrogen-bond donors (Lipinski definition) is 2. The molecule has 0 bridgehead atoms. The number of carbonyl (C=O) groups excluding carboxylic acids is 1. The molecule has 2 N–H and O–H groups in total. The van der Waals surface area contributed by atoms with Crippen LogP contribution in [0.25, 0.3) is 0 Å². The third-order valence-corrected chi connectivity index (χ3v) is 1.81. The van der Waals surface area contributed by atoms with Crippen LogP contribution in [0.2, 0.25) is 0 Å². The molecule has 0 aromatic carbocycles. The zero-order valence-corrected chi connectivity index (χ0v) is 6.33. The van der Waals surface area contributed by atoms with Crippen LogP contribution in [0.4, 0.5) is 0 Å². The second-order valence-corrected chi connectivity index (χ2v) is 3.00. The average molecular weight is 157 g/mol. The summed E-state index contributed by atoms with van der Waals surface area (Å²) in [5.41, 5.74) is 0. The fraction of sp³-hybridized carbons (Fsp3) is 0.714. The third-order valence-electron chi connectivity index (χ3n) is 1.81. The van der Waals surface area contributed by atoms with Crippen molar-refractivity contribution in [3.63, 3.8) is 0 Å². The predicted octanol–water partition coefficient (Wildman–Crippen LogP) is -0.0143. The molecule has 1 heterocycles. The fourth-order valence-corrected chi connectivity index (χ4v) is 1.28. The van der Waals surface area contributed by atoms with Crippen molar-refractivity contribution in [3.05, 3.63) is 0 Å². The molecule has 11 heavy (non-hydrogen) atoms. The lowest BCUT2D eigenvalue weighted by Crippen LogP contribution is -2.46. The number of carboxylic acids is 1. The highest BCUT2D eigenvalue weighted by molar-refractivity contribution is 5.84.